The van der Waals surface area contributed by atoms with Crippen LogP contribution in [-0.4, -0.2) is 56.0 Å². The Morgan fingerprint density at radius 3 is 2.55 bits per heavy atom. The van der Waals surface area contributed by atoms with Crippen LogP contribution in [0, 0.1) is 5.92 Å². The summed E-state index contributed by atoms with van der Waals surface area (Å²) >= 11 is 0. The predicted molar refractivity (Wildman–Crippen MR) is 111 cm³/mol. The summed E-state index contributed by atoms with van der Waals surface area (Å²) < 4.78 is 1.54. The number of carbonyl (C=O) groups is 1. The smallest absolute Gasteiger partial charge is 0.272 e. The molecular formula is C22H31N5O2. The molecule has 2 aromatic rings. The number of aromatic nitrogens is 3. The lowest BCUT2D eigenvalue weighted by atomic mass is 9.92. The number of nitrogens with one attached hydrogen (secondary N) is 1. The van der Waals surface area contributed by atoms with Gasteiger partial charge >= 0.3 is 0 Å². The van der Waals surface area contributed by atoms with E-state index in [-0.39, 0.29) is 23.4 Å². The Hall–Kier alpha value is -2.15. The topological polar surface area (TPSA) is 73.7 Å². The third-order valence-corrected chi connectivity index (χ3v) is 6.99. The molecular weight excluding hydrogens is 366 g/mol. The van der Waals surface area contributed by atoms with Crippen molar-refractivity contribution in [2.45, 2.75) is 70.4 Å². The maximum Gasteiger partial charge on any atom is 0.272 e. The molecule has 5 rings (SSSR count). The van der Waals surface area contributed by atoms with Crippen LogP contribution in [0.3, 0.4) is 0 Å². The van der Waals surface area contributed by atoms with Crippen molar-refractivity contribution < 1.29 is 4.79 Å². The van der Waals surface area contributed by atoms with Gasteiger partial charge < -0.3 is 9.80 Å². The van der Waals surface area contributed by atoms with Crippen molar-refractivity contribution in [2.75, 3.05) is 19.6 Å². The fourth-order valence-corrected chi connectivity index (χ4v) is 5.04. The highest BCUT2D eigenvalue weighted by atomic mass is 16.2. The molecule has 1 amide bonds. The number of fused-ring (bicyclic) bond motifs is 1. The normalized spacial score (nSPS) is 24.1. The van der Waals surface area contributed by atoms with Crippen LogP contribution in [0.2, 0.25) is 0 Å². The molecule has 156 valence electrons. The summed E-state index contributed by atoms with van der Waals surface area (Å²) in [4.78, 5) is 34.8. The van der Waals surface area contributed by atoms with Gasteiger partial charge in [0.15, 0.2) is 5.65 Å². The van der Waals surface area contributed by atoms with E-state index in [0.717, 1.165) is 69.5 Å². The van der Waals surface area contributed by atoms with Crippen LogP contribution in [0.1, 0.15) is 75.7 Å². The van der Waals surface area contributed by atoms with E-state index in [0.29, 0.717) is 17.6 Å². The number of amides is 1. The zero-order valence-electron chi connectivity index (χ0n) is 17.4. The van der Waals surface area contributed by atoms with Gasteiger partial charge in [-0.05, 0) is 65.5 Å². The summed E-state index contributed by atoms with van der Waals surface area (Å²) in [5, 5.41) is 3.24. The van der Waals surface area contributed by atoms with Crippen LogP contribution in [0.15, 0.2) is 16.9 Å². The summed E-state index contributed by atoms with van der Waals surface area (Å²) in [6.07, 6.45) is 6.10. The molecule has 0 radical (unpaired) electrons. The van der Waals surface area contributed by atoms with Crippen LogP contribution >= 0.6 is 0 Å². The first-order valence-corrected chi connectivity index (χ1v) is 11.2. The minimum atomic E-state index is -0.0550. The molecule has 0 unspecified atom stereocenters. The van der Waals surface area contributed by atoms with Crippen molar-refractivity contribution in [3.63, 3.8) is 0 Å². The van der Waals surface area contributed by atoms with Gasteiger partial charge in [0.05, 0.1) is 17.4 Å². The average Bonchev–Trinajstić information content (AvgIpc) is 3.28. The van der Waals surface area contributed by atoms with Crippen LogP contribution in [0.4, 0.5) is 0 Å². The number of nitrogens with zero attached hydrogens (tertiary/aromatic N) is 4. The molecule has 4 heterocycles. The summed E-state index contributed by atoms with van der Waals surface area (Å²) in [6.45, 7) is 7.40. The van der Waals surface area contributed by atoms with E-state index in [1.54, 1.807) is 10.6 Å². The first-order chi connectivity index (χ1) is 14.0. The van der Waals surface area contributed by atoms with E-state index >= 15 is 0 Å². The van der Waals surface area contributed by atoms with Crippen LogP contribution in [0.25, 0.3) is 5.65 Å². The fraction of sp³-hybridized carbons (Fsp3) is 0.682. The number of carbonyl (C=O) groups excluding carboxylic acids is 1. The maximum atomic E-state index is 12.8. The van der Waals surface area contributed by atoms with Gasteiger partial charge in [-0.15, -0.1) is 0 Å². The van der Waals surface area contributed by atoms with Crippen molar-refractivity contribution in [3.05, 3.63) is 33.9 Å². The van der Waals surface area contributed by atoms with Crippen molar-refractivity contribution in [1.82, 2.24) is 24.4 Å². The van der Waals surface area contributed by atoms with E-state index in [1.165, 1.54) is 0 Å². The Kier molecular flexibility index (Phi) is 4.73. The molecule has 1 atom stereocenters. The molecule has 0 aromatic carbocycles. The number of hydrogen-bond acceptors (Lipinski definition) is 4. The molecule has 0 spiro atoms. The largest absolute Gasteiger partial charge is 0.334 e. The maximum absolute atomic E-state index is 12.8. The lowest BCUT2D eigenvalue weighted by Crippen LogP contribution is -2.38. The van der Waals surface area contributed by atoms with Crippen molar-refractivity contribution in [3.8, 4) is 0 Å². The monoisotopic (exact) mass is 397 g/mol. The molecule has 7 nitrogen and oxygen atoms in total. The Labute approximate surface area is 171 Å². The highest BCUT2D eigenvalue weighted by Gasteiger charge is 2.39. The summed E-state index contributed by atoms with van der Waals surface area (Å²) in [6, 6.07) is 4.29. The number of piperidine rings is 1. The SMILES string of the molecule is CC(C)N1CCC(c2cc(=O)n3[nH]c([C@H]4CCCN4C(=O)C4CC4)cc3n2)CC1. The van der Waals surface area contributed by atoms with Gasteiger partial charge in [-0.3, -0.25) is 14.7 Å². The Balaban J connectivity index is 1.40. The summed E-state index contributed by atoms with van der Waals surface area (Å²) in [7, 11) is 0. The number of rotatable bonds is 4. The molecule has 2 aliphatic heterocycles. The quantitative estimate of drug-likeness (QED) is 0.861. The molecule has 3 fully saturated rings. The molecule has 1 N–H and O–H groups in total. The third kappa shape index (κ3) is 3.50. The van der Waals surface area contributed by atoms with Crippen molar-refractivity contribution in [1.29, 1.82) is 0 Å². The zero-order chi connectivity index (χ0) is 20.1. The van der Waals surface area contributed by atoms with Gasteiger partial charge in [0.1, 0.15) is 0 Å². The first-order valence-electron chi connectivity index (χ1n) is 11.2. The highest BCUT2D eigenvalue weighted by Crippen LogP contribution is 2.38. The number of hydrogen-bond donors (Lipinski definition) is 1. The highest BCUT2D eigenvalue weighted by molar-refractivity contribution is 5.81. The van der Waals surface area contributed by atoms with Crippen molar-refractivity contribution >= 4 is 11.6 Å². The van der Waals surface area contributed by atoms with E-state index < -0.39 is 0 Å². The predicted octanol–water partition coefficient (Wildman–Crippen LogP) is 2.68. The fourth-order valence-electron chi connectivity index (χ4n) is 5.04. The van der Waals surface area contributed by atoms with E-state index in [2.05, 4.69) is 23.8 Å². The Morgan fingerprint density at radius 2 is 1.86 bits per heavy atom. The number of H-pyrrole nitrogens is 1. The van der Waals surface area contributed by atoms with Crippen LogP contribution in [0.5, 0.6) is 0 Å². The molecule has 2 saturated heterocycles. The number of likely N-dealkylation sites (tertiary alicyclic amines) is 2. The van der Waals surface area contributed by atoms with Gasteiger partial charge in [-0.25, -0.2) is 9.50 Å². The Morgan fingerprint density at radius 1 is 1.10 bits per heavy atom. The van der Waals surface area contributed by atoms with Crippen LogP contribution in [-0.2, 0) is 4.79 Å². The van der Waals surface area contributed by atoms with Crippen LogP contribution < -0.4 is 5.56 Å². The van der Waals surface area contributed by atoms with Gasteiger partial charge in [0.25, 0.3) is 5.56 Å². The Bertz CT molecular complexity index is 965. The lowest BCUT2D eigenvalue weighted by Gasteiger charge is -2.34. The second-order valence-corrected chi connectivity index (χ2v) is 9.29. The van der Waals surface area contributed by atoms with E-state index in [9.17, 15) is 9.59 Å². The molecule has 0 bridgehead atoms. The third-order valence-electron chi connectivity index (χ3n) is 6.99. The lowest BCUT2D eigenvalue weighted by molar-refractivity contribution is -0.133. The first kappa shape index (κ1) is 18.9. The molecule has 2 aromatic heterocycles. The second-order valence-electron chi connectivity index (χ2n) is 9.29. The van der Waals surface area contributed by atoms with E-state index in [1.807, 2.05) is 11.0 Å². The molecule has 29 heavy (non-hydrogen) atoms. The van der Waals surface area contributed by atoms with Gasteiger partial charge in [-0.1, -0.05) is 0 Å². The molecule has 1 aliphatic carbocycles. The van der Waals surface area contributed by atoms with Gasteiger partial charge in [0, 0.05) is 36.6 Å². The molecule has 1 saturated carbocycles. The molecule has 7 heteroatoms. The van der Waals surface area contributed by atoms with Gasteiger partial charge in [0.2, 0.25) is 5.91 Å². The minimum Gasteiger partial charge on any atom is -0.334 e. The minimum absolute atomic E-state index is 0.0435. The number of aromatic amines is 1. The summed E-state index contributed by atoms with van der Waals surface area (Å²) in [5.41, 5.74) is 2.48. The van der Waals surface area contributed by atoms with Crippen molar-refractivity contribution in [2.24, 2.45) is 5.92 Å². The summed E-state index contributed by atoms with van der Waals surface area (Å²) in [5.74, 6) is 0.855. The standard InChI is InChI=1S/C22H31N5O2/c1-14(2)25-10-7-15(8-11-25)17-13-21(28)27-20(23-17)12-18(24-27)19-4-3-9-26(19)22(29)16-5-6-16/h12-16,19,24H,3-11H2,1-2H3/t19-/m1/s1. The van der Waals surface area contributed by atoms with E-state index in [4.69, 9.17) is 4.98 Å². The zero-order valence-corrected chi connectivity index (χ0v) is 17.4. The average molecular weight is 398 g/mol. The van der Waals surface area contributed by atoms with Gasteiger partial charge in [-0.2, -0.15) is 0 Å². The second kappa shape index (κ2) is 7.27. The molecule has 3 aliphatic rings.